The minimum atomic E-state index is -0.844. The number of rotatable bonds is 7. The molecule has 21 heavy (non-hydrogen) atoms. The number of nitrogens with zero attached hydrogens (tertiary/aromatic N) is 1. The maximum absolute atomic E-state index is 12.1. The van der Waals surface area contributed by atoms with Crippen LogP contribution >= 0.6 is 11.8 Å². The number of nitrogens with one attached hydrogen (secondary N) is 1. The first-order valence-corrected chi connectivity index (χ1v) is 8.48. The summed E-state index contributed by atoms with van der Waals surface area (Å²) in [7, 11) is 0. The molecule has 1 saturated heterocycles. The van der Waals surface area contributed by atoms with Gasteiger partial charge in [-0.25, -0.2) is 4.79 Å². The first-order chi connectivity index (χ1) is 9.84. The van der Waals surface area contributed by atoms with E-state index in [-0.39, 0.29) is 29.9 Å². The van der Waals surface area contributed by atoms with Crippen LogP contribution in [0.3, 0.4) is 0 Å². The highest BCUT2D eigenvalue weighted by Crippen LogP contribution is 2.20. The Hall–Kier alpha value is -0.950. The van der Waals surface area contributed by atoms with E-state index in [4.69, 9.17) is 9.84 Å². The van der Waals surface area contributed by atoms with Crippen LogP contribution in [-0.4, -0.2) is 65.4 Å². The number of carboxylic acids is 1. The average molecular weight is 318 g/mol. The molecular formula is C14H26N2O4S. The van der Waals surface area contributed by atoms with Gasteiger partial charge < -0.3 is 20.1 Å². The van der Waals surface area contributed by atoms with E-state index in [2.05, 4.69) is 19.2 Å². The van der Waals surface area contributed by atoms with Gasteiger partial charge in [0.15, 0.2) is 0 Å². The van der Waals surface area contributed by atoms with Crippen molar-refractivity contribution in [3.8, 4) is 0 Å². The van der Waals surface area contributed by atoms with Crippen molar-refractivity contribution >= 4 is 23.8 Å². The van der Waals surface area contributed by atoms with Gasteiger partial charge in [-0.15, -0.1) is 0 Å². The Bertz CT molecular complexity index is 355. The molecule has 0 unspecified atom stereocenters. The summed E-state index contributed by atoms with van der Waals surface area (Å²) in [5.41, 5.74) is 0. The number of carbonyl (C=O) groups is 2. The van der Waals surface area contributed by atoms with Crippen molar-refractivity contribution < 1.29 is 19.4 Å². The highest BCUT2D eigenvalue weighted by molar-refractivity contribution is 7.99. The van der Waals surface area contributed by atoms with E-state index in [0.29, 0.717) is 19.6 Å². The van der Waals surface area contributed by atoms with E-state index in [1.54, 1.807) is 16.7 Å². The molecule has 0 bridgehead atoms. The number of likely N-dealkylation sites (tertiary alicyclic amines) is 1. The van der Waals surface area contributed by atoms with Crippen molar-refractivity contribution in [2.75, 3.05) is 32.5 Å². The molecule has 2 N–H and O–H groups in total. The molecule has 0 spiro atoms. The van der Waals surface area contributed by atoms with Gasteiger partial charge in [-0.3, -0.25) is 4.79 Å². The number of thioether (sulfide) groups is 1. The Labute approximate surface area is 130 Å². The number of piperidine rings is 1. The Morgan fingerprint density at radius 1 is 1.38 bits per heavy atom. The van der Waals surface area contributed by atoms with E-state index in [1.807, 2.05) is 6.26 Å². The highest BCUT2D eigenvalue weighted by Gasteiger charge is 2.24. The number of aliphatic carboxylic acids is 1. The molecule has 0 atom stereocenters. The number of ether oxygens (including phenoxy) is 1. The molecule has 122 valence electrons. The number of amides is 2. The maximum Gasteiger partial charge on any atom is 0.317 e. The lowest BCUT2D eigenvalue weighted by molar-refractivity contribution is -0.138. The molecule has 7 heteroatoms. The summed E-state index contributed by atoms with van der Waals surface area (Å²) in [6.07, 6.45) is 3.66. The summed E-state index contributed by atoms with van der Waals surface area (Å²) in [5, 5.41) is 11.5. The van der Waals surface area contributed by atoms with E-state index in [9.17, 15) is 9.59 Å². The lowest BCUT2D eigenvalue weighted by Gasteiger charge is -2.33. The van der Waals surface area contributed by atoms with Gasteiger partial charge in [-0.1, -0.05) is 0 Å². The fraction of sp³-hybridized carbons (Fsp3) is 0.857. The van der Waals surface area contributed by atoms with Crippen LogP contribution in [0.4, 0.5) is 4.79 Å². The predicted molar refractivity (Wildman–Crippen MR) is 83.8 cm³/mol. The minimum absolute atomic E-state index is 0.0267. The molecule has 0 aliphatic carbocycles. The summed E-state index contributed by atoms with van der Waals surface area (Å²) < 4.78 is 5.55. The maximum atomic E-state index is 12.1. The van der Waals surface area contributed by atoms with Gasteiger partial charge in [0.1, 0.15) is 0 Å². The second-order valence-corrected chi connectivity index (χ2v) is 7.34. The number of carboxylic acid groups (broad SMARTS) is 1. The largest absolute Gasteiger partial charge is 0.481 e. The molecule has 2 amide bonds. The quantitative estimate of drug-likeness (QED) is 0.748. The summed E-state index contributed by atoms with van der Waals surface area (Å²) in [4.78, 5) is 24.3. The van der Waals surface area contributed by atoms with E-state index in [1.165, 1.54) is 0 Å². The molecule has 1 heterocycles. The summed E-state index contributed by atoms with van der Waals surface area (Å²) in [6.45, 7) is 6.39. The minimum Gasteiger partial charge on any atom is -0.481 e. The van der Waals surface area contributed by atoms with E-state index in [0.717, 1.165) is 12.8 Å². The van der Waals surface area contributed by atoms with Crippen LogP contribution in [0.1, 0.15) is 33.1 Å². The molecule has 1 fully saturated rings. The van der Waals surface area contributed by atoms with Crippen molar-refractivity contribution in [1.82, 2.24) is 10.2 Å². The molecule has 0 saturated carbocycles. The molecule has 0 aromatic heterocycles. The van der Waals surface area contributed by atoms with Crippen molar-refractivity contribution in [1.29, 1.82) is 0 Å². The number of carbonyl (C=O) groups excluding carboxylic acids is 1. The number of hydrogen-bond donors (Lipinski definition) is 2. The van der Waals surface area contributed by atoms with Gasteiger partial charge in [0.2, 0.25) is 0 Å². The zero-order chi connectivity index (χ0) is 15.9. The van der Waals surface area contributed by atoms with Crippen molar-refractivity contribution in [3.05, 3.63) is 0 Å². The van der Waals surface area contributed by atoms with Crippen molar-refractivity contribution in [2.24, 2.45) is 0 Å². The van der Waals surface area contributed by atoms with E-state index < -0.39 is 5.97 Å². The van der Waals surface area contributed by atoms with Gasteiger partial charge in [0.05, 0.1) is 19.1 Å². The number of urea groups is 1. The van der Waals surface area contributed by atoms with E-state index >= 15 is 0 Å². The standard InChI is InChI=1S/C14H26N2O4S/c1-14(2,21-3)10-15-13(19)16-7-4-11(5-8-16)20-9-6-12(17)18/h11H,4-10H2,1-3H3,(H,15,19)(H,17,18). The zero-order valence-corrected chi connectivity index (χ0v) is 13.9. The summed E-state index contributed by atoms with van der Waals surface area (Å²) >= 11 is 1.73. The summed E-state index contributed by atoms with van der Waals surface area (Å²) in [6, 6.07) is -0.0267. The van der Waals surface area contributed by atoms with Crippen LogP contribution in [0.15, 0.2) is 0 Å². The van der Waals surface area contributed by atoms with Gasteiger partial charge in [-0.2, -0.15) is 11.8 Å². The average Bonchev–Trinajstić information content (AvgIpc) is 2.45. The lowest BCUT2D eigenvalue weighted by atomic mass is 10.1. The second kappa shape index (κ2) is 8.48. The smallest absolute Gasteiger partial charge is 0.317 e. The molecule has 0 radical (unpaired) electrons. The topological polar surface area (TPSA) is 78.9 Å². The van der Waals surface area contributed by atoms with Crippen LogP contribution in [0.25, 0.3) is 0 Å². The molecule has 6 nitrogen and oxygen atoms in total. The normalized spacial score (nSPS) is 16.8. The van der Waals surface area contributed by atoms with Gasteiger partial charge >= 0.3 is 12.0 Å². The predicted octanol–water partition coefficient (Wildman–Crippen LogP) is 1.79. The van der Waals surface area contributed by atoms with Gasteiger partial charge in [0, 0.05) is 24.4 Å². The Morgan fingerprint density at radius 3 is 2.52 bits per heavy atom. The second-order valence-electron chi connectivity index (χ2n) is 5.82. The van der Waals surface area contributed by atoms with Crippen molar-refractivity contribution in [3.63, 3.8) is 0 Å². The molecule has 1 rings (SSSR count). The SMILES string of the molecule is CSC(C)(C)CNC(=O)N1CCC(OCCC(=O)O)CC1. The fourth-order valence-corrected chi connectivity index (χ4v) is 2.23. The van der Waals surface area contributed by atoms with Gasteiger partial charge in [0.25, 0.3) is 0 Å². The lowest BCUT2D eigenvalue weighted by Crippen LogP contribution is -2.48. The Kier molecular flexibility index (Phi) is 7.31. The molecule has 0 aromatic rings. The van der Waals surface area contributed by atoms with Gasteiger partial charge in [-0.05, 0) is 32.9 Å². The van der Waals surface area contributed by atoms with Crippen LogP contribution in [-0.2, 0) is 9.53 Å². The third kappa shape index (κ3) is 7.04. The van der Waals surface area contributed by atoms with Crippen LogP contribution in [0.5, 0.6) is 0 Å². The first-order valence-electron chi connectivity index (χ1n) is 7.25. The molecule has 1 aliphatic rings. The van der Waals surface area contributed by atoms with Crippen LogP contribution in [0, 0.1) is 0 Å². The monoisotopic (exact) mass is 318 g/mol. The first kappa shape index (κ1) is 18.1. The Morgan fingerprint density at radius 2 is 2.00 bits per heavy atom. The molecule has 1 aliphatic heterocycles. The number of hydrogen-bond acceptors (Lipinski definition) is 4. The molecule has 0 aromatic carbocycles. The van der Waals surface area contributed by atoms with Crippen molar-refractivity contribution in [2.45, 2.75) is 44.0 Å². The summed E-state index contributed by atoms with van der Waals surface area (Å²) in [5.74, 6) is -0.844. The highest BCUT2D eigenvalue weighted by atomic mass is 32.2. The zero-order valence-electron chi connectivity index (χ0n) is 13.1. The fourth-order valence-electron chi connectivity index (χ4n) is 2.01. The third-order valence-corrected chi connectivity index (χ3v) is 4.87. The third-order valence-electron chi connectivity index (χ3n) is 3.62. The molecular weight excluding hydrogens is 292 g/mol. The van der Waals surface area contributed by atoms with Crippen LogP contribution < -0.4 is 5.32 Å². The Balaban J connectivity index is 2.23. The van der Waals surface area contributed by atoms with Crippen LogP contribution in [0.2, 0.25) is 0 Å².